The first-order valence-corrected chi connectivity index (χ1v) is 10.1. The number of fused-ring (bicyclic) bond motifs is 2. The molecular weight excluding hydrogens is 413 g/mol. The van der Waals surface area contributed by atoms with Gasteiger partial charge in [-0.3, -0.25) is 4.79 Å². The highest BCUT2D eigenvalue weighted by atomic mass is 19.4. The standard InChI is InChI=1S/C21H19F3N4O3/c22-21(23,24)18-10-14(13-5-6-16-17(9-13)31-12-30-16)25-19-11-15(26-28(18)19)20(29)27-7-3-1-2-4-8-27/h5-6,9-11H,1-4,7-8,12H2. The quantitative estimate of drug-likeness (QED) is 0.608. The number of halogens is 3. The number of ether oxygens (including phenoxy) is 2. The van der Waals surface area contributed by atoms with Crippen molar-refractivity contribution in [1.82, 2.24) is 19.5 Å². The van der Waals surface area contributed by atoms with Gasteiger partial charge in [0.2, 0.25) is 6.79 Å². The van der Waals surface area contributed by atoms with Gasteiger partial charge in [0, 0.05) is 24.7 Å². The molecule has 1 fully saturated rings. The summed E-state index contributed by atoms with van der Waals surface area (Å²) in [6.45, 7) is 1.22. The number of rotatable bonds is 2. The van der Waals surface area contributed by atoms with E-state index in [1.165, 1.54) is 6.07 Å². The van der Waals surface area contributed by atoms with Crippen LogP contribution in [0.25, 0.3) is 16.9 Å². The van der Waals surface area contributed by atoms with E-state index in [1.54, 1.807) is 23.1 Å². The first-order valence-electron chi connectivity index (χ1n) is 10.1. The van der Waals surface area contributed by atoms with Crippen LogP contribution in [0.2, 0.25) is 0 Å². The van der Waals surface area contributed by atoms with Crippen LogP contribution in [0.5, 0.6) is 11.5 Å². The summed E-state index contributed by atoms with van der Waals surface area (Å²) in [5.74, 6) is 0.596. The van der Waals surface area contributed by atoms with Gasteiger partial charge in [-0.15, -0.1) is 0 Å². The Morgan fingerprint density at radius 2 is 1.71 bits per heavy atom. The molecule has 0 aliphatic carbocycles. The summed E-state index contributed by atoms with van der Waals surface area (Å²) >= 11 is 0. The van der Waals surface area contributed by atoms with Crippen LogP contribution in [0.15, 0.2) is 30.3 Å². The van der Waals surface area contributed by atoms with Gasteiger partial charge in [0.25, 0.3) is 5.91 Å². The molecule has 1 amide bonds. The molecule has 0 spiro atoms. The Morgan fingerprint density at radius 3 is 2.45 bits per heavy atom. The van der Waals surface area contributed by atoms with Crippen molar-refractivity contribution in [2.24, 2.45) is 0 Å². The van der Waals surface area contributed by atoms with E-state index < -0.39 is 11.9 Å². The van der Waals surface area contributed by atoms with E-state index in [1.807, 2.05) is 0 Å². The summed E-state index contributed by atoms with van der Waals surface area (Å²) in [5.41, 5.74) is -0.533. The molecule has 0 bridgehead atoms. The predicted molar refractivity (Wildman–Crippen MR) is 104 cm³/mol. The minimum absolute atomic E-state index is 0.0391. The van der Waals surface area contributed by atoms with Gasteiger partial charge in [-0.25, -0.2) is 9.50 Å². The molecule has 0 saturated carbocycles. The third kappa shape index (κ3) is 3.66. The van der Waals surface area contributed by atoms with Crippen LogP contribution in [0.4, 0.5) is 13.2 Å². The second-order valence-corrected chi connectivity index (χ2v) is 7.60. The third-order valence-electron chi connectivity index (χ3n) is 5.50. The molecule has 4 heterocycles. The van der Waals surface area contributed by atoms with Crippen LogP contribution in [0, 0.1) is 0 Å². The molecule has 31 heavy (non-hydrogen) atoms. The molecule has 7 nitrogen and oxygen atoms in total. The Kier molecular flexibility index (Phi) is 4.71. The zero-order chi connectivity index (χ0) is 21.6. The molecule has 2 aromatic heterocycles. The van der Waals surface area contributed by atoms with Gasteiger partial charge in [0.15, 0.2) is 28.5 Å². The maximum absolute atomic E-state index is 13.8. The number of hydrogen-bond donors (Lipinski definition) is 0. The summed E-state index contributed by atoms with van der Waals surface area (Å²) in [7, 11) is 0. The van der Waals surface area contributed by atoms with E-state index in [4.69, 9.17) is 9.47 Å². The molecule has 5 rings (SSSR count). The second-order valence-electron chi connectivity index (χ2n) is 7.60. The SMILES string of the molecule is O=C(c1cc2nc(-c3ccc4c(c3)OCO4)cc(C(F)(F)F)n2n1)N1CCCCCC1. The Labute approximate surface area is 175 Å². The molecule has 0 radical (unpaired) electrons. The minimum Gasteiger partial charge on any atom is -0.454 e. The highest BCUT2D eigenvalue weighted by Gasteiger charge is 2.36. The first kappa shape index (κ1) is 19.7. The van der Waals surface area contributed by atoms with E-state index >= 15 is 0 Å². The molecule has 1 saturated heterocycles. The third-order valence-corrected chi connectivity index (χ3v) is 5.50. The fraction of sp³-hybridized carbons (Fsp3) is 0.381. The Balaban J connectivity index is 1.59. The van der Waals surface area contributed by atoms with Crippen molar-refractivity contribution >= 4 is 11.6 Å². The summed E-state index contributed by atoms with van der Waals surface area (Å²) < 4.78 is 52.7. The van der Waals surface area contributed by atoms with E-state index in [0.717, 1.165) is 31.7 Å². The molecule has 0 unspecified atom stereocenters. The molecule has 2 aliphatic rings. The lowest BCUT2D eigenvalue weighted by atomic mass is 10.1. The Hall–Kier alpha value is -3.30. The number of carbonyl (C=O) groups excluding carboxylic acids is 1. The molecule has 1 aromatic carbocycles. The average Bonchev–Trinajstić information content (AvgIpc) is 3.30. The van der Waals surface area contributed by atoms with Crippen molar-refractivity contribution in [2.75, 3.05) is 19.9 Å². The van der Waals surface area contributed by atoms with Crippen LogP contribution in [0.1, 0.15) is 41.9 Å². The van der Waals surface area contributed by atoms with Crippen LogP contribution in [-0.2, 0) is 6.18 Å². The smallest absolute Gasteiger partial charge is 0.433 e. The van der Waals surface area contributed by atoms with Crippen molar-refractivity contribution in [3.8, 4) is 22.8 Å². The molecule has 10 heteroatoms. The highest BCUT2D eigenvalue weighted by molar-refractivity contribution is 5.93. The van der Waals surface area contributed by atoms with Gasteiger partial charge in [-0.1, -0.05) is 12.8 Å². The van der Waals surface area contributed by atoms with E-state index in [-0.39, 0.29) is 29.7 Å². The zero-order valence-corrected chi connectivity index (χ0v) is 16.5. The van der Waals surface area contributed by atoms with Gasteiger partial charge in [0.1, 0.15) is 0 Å². The number of hydrogen-bond acceptors (Lipinski definition) is 5. The molecule has 162 valence electrons. The fourth-order valence-corrected chi connectivity index (χ4v) is 3.92. The van der Waals surface area contributed by atoms with Gasteiger partial charge >= 0.3 is 6.18 Å². The number of likely N-dealkylation sites (tertiary alicyclic amines) is 1. The maximum atomic E-state index is 13.8. The summed E-state index contributed by atoms with van der Waals surface area (Å²) in [6, 6.07) is 7.07. The predicted octanol–water partition coefficient (Wildman–Crippen LogP) is 4.16. The molecular formula is C21H19F3N4O3. The van der Waals surface area contributed by atoms with E-state index in [0.29, 0.717) is 34.7 Å². The number of aromatic nitrogens is 3. The number of alkyl halides is 3. The summed E-state index contributed by atoms with van der Waals surface area (Å²) in [4.78, 5) is 18.9. The van der Waals surface area contributed by atoms with Crippen LogP contribution in [0.3, 0.4) is 0 Å². The zero-order valence-electron chi connectivity index (χ0n) is 16.5. The van der Waals surface area contributed by atoms with Crippen molar-refractivity contribution in [2.45, 2.75) is 31.9 Å². The van der Waals surface area contributed by atoms with Gasteiger partial charge in [-0.2, -0.15) is 18.3 Å². The van der Waals surface area contributed by atoms with Crippen LogP contribution >= 0.6 is 0 Å². The number of nitrogens with zero attached hydrogens (tertiary/aromatic N) is 4. The topological polar surface area (TPSA) is 69.0 Å². The van der Waals surface area contributed by atoms with E-state index in [2.05, 4.69) is 10.1 Å². The first-order chi connectivity index (χ1) is 14.9. The maximum Gasteiger partial charge on any atom is 0.433 e. The summed E-state index contributed by atoms with van der Waals surface area (Å²) in [5, 5.41) is 3.98. The largest absolute Gasteiger partial charge is 0.454 e. The lowest BCUT2D eigenvalue weighted by Gasteiger charge is -2.18. The summed E-state index contributed by atoms with van der Waals surface area (Å²) in [6.07, 6.45) is -0.860. The van der Waals surface area contributed by atoms with Crippen LogP contribution < -0.4 is 9.47 Å². The van der Waals surface area contributed by atoms with Crippen molar-refractivity contribution in [3.63, 3.8) is 0 Å². The van der Waals surface area contributed by atoms with Crippen molar-refractivity contribution in [1.29, 1.82) is 0 Å². The van der Waals surface area contributed by atoms with Crippen molar-refractivity contribution in [3.05, 3.63) is 41.7 Å². The van der Waals surface area contributed by atoms with Crippen molar-refractivity contribution < 1.29 is 27.4 Å². The lowest BCUT2D eigenvalue weighted by Crippen LogP contribution is -2.32. The molecule has 0 N–H and O–H groups in total. The van der Waals surface area contributed by atoms with Crippen LogP contribution in [-0.4, -0.2) is 45.3 Å². The normalized spacial score (nSPS) is 16.5. The number of benzene rings is 1. The monoisotopic (exact) mass is 432 g/mol. The number of amides is 1. The Bertz CT molecular complexity index is 1150. The van der Waals surface area contributed by atoms with Gasteiger partial charge < -0.3 is 14.4 Å². The fourth-order valence-electron chi connectivity index (χ4n) is 3.92. The molecule has 3 aromatic rings. The highest BCUT2D eigenvalue weighted by Crippen LogP contribution is 2.37. The van der Waals surface area contributed by atoms with Gasteiger partial charge in [-0.05, 0) is 37.1 Å². The second kappa shape index (κ2) is 7.44. The molecule has 2 aliphatic heterocycles. The van der Waals surface area contributed by atoms with Gasteiger partial charge in [0.05, 0.1) is 5.69 Å². The Morgan fingerprint density at radius 1 is 0.968 bits per heavy atom. The minimum atomic E-state index is -4.68. The number of carbonyl (C=O) groups is 1. The average molecular weight is 432 g/mol. The lowest BCUT2D eigenvalue weighted by molar-refractivity contribution is -0.142. The van der Waals surface area contributed by atoms with E-state index in [9.17, 15) is 18.0 Å². The molecule has 0 atom stereocenters.